The quantitative estimate of drug-likeness (QED) is 0.250. The van der Waals surface area contributed by atoms with Crippen molar-refractivity contribution in [1.82, 2.24) is 25.4 Å². The molecule has 0 aliphatic rings. The maximum Gasteiger partial charge on any atom is 0.226 e. The molecule has 30 heavy (non-hydrogen) atoms. The zero-order valence-electron chi connectivity index (χ0n) is 17.7. The summed E-state index contributed by atoms with van der Waals surface area (Å²) in [5.74, 6) is 1.17. The first-order chi connectivity index (χ1) is 13.9. The third kappa shape index (κ3) is 6.30. The summed E-state index contributed by atoms with van der Waals surface area (Å²) < 4.78 is 7.25. The molecule has 0 bridgehead atoms. The molecule has 3 aromatic rings. The highest BCUT2D eigenvalue weighted by atomic mass is 127. The Kier molecular flexibility index (Phi) is 8.42. The van der Waals surface area contributed by atoms with Gasteiger partial charge >= 0.3 is 0 Å². The van der Waals surface area contributed by atoms with Gasteiger partial charge in [0.2, 0.25) is 5.89 Å². The molecule has 2 aromatic heterocycles. The molecule has 9 heteroatoms. The molecule has 2 heterocycles. The van der Waals surface area contributed by atoms with E-state index in [1.165, 1.54) is 5.56 Å². The molecule has 0 saturated heterocycles. The Labute approximate surface area is 193 Å². The number of hydrogen-bond acceptors (Lipinski definition) is 5. The molecule has 1 atom stereocenters. The van der Waals surface area contributed by atoms with Gasteiger partial charge in [0.25, 0.3) is 0 Å². The number of aromatic nitrogens is 3. The van der Waals surface area contributed by atoms with Crippen LogP contribution in [-0.4, -0.2) is 38.9 Å². The number of halogens is 1. The van der Waals surface area contributed by atoms with Crippen LogP contribution in [0.2, 0.25) is 0 Å². The smallest absolute Gasteiger partial charge is 0.226 e. The van der Waals surface area contributed by atoms with Gasteiger partial charge in [0.05, 0.1) is 19.3 Å². The molecule has 0 fully saturated rings. The van der Waals surface area contributed by atoms with Gasteiger partial charge in [-0.15, -0.1) is 24.0 Å². The molecule has 0 amide bonds. The van der Waals surface area contributed by atoms with Crippen LogP contribution in [0.25, 0.3) is 11.5 Å². The number of hydrogen-bond donors (Lipinski definition) is 3. The molecule has 8 nitrogen and oxygen atoms in total. The summed E-state index contributed by atoms with van der Waals surface area (Å²) in [5, 5.41) is 21.2. The van der Waals surface area contributed by atoms with E-state index in [-0.39, 0.29) is 30.5 Å². The van der Waals surface area contributed by atoms with E-state index in [1.807, 2.05) is 45.2 Å². The molecular weight excluding hydrogens is 495 g/mol. The maximum atomic E-state index is 10.7. The van der Waals surface area contributed by atoms with Crippen molar-refractivity contribution in [2.75, 3.05) is 13.1 Å². The third-order valence-corrected chi connectivity index (χ3v) is 4.52. The lowest BCUT2D eigenvalue weighted by Gasteiger charge is -2.23. The zero-order valence-corrected chi connectivity index (χ0v) is 20.0. The Morgan fingerprint density at radius 3 is 2.63 bits per heavy atom. The Morgan fingerprint density at radius 1 is 1.27 bits per heavy atom. The molecule has 0 aliphatic carbocycles. The van der Waals surface area contributed by atoms with Crippen molar-refractivity contribution < 1.29 is 9.52 Å². The molecule has 3 N–H and O–H groups in total. The van der Waals surface area contributed by atoms with E-state index in [9.17, 15) is 5.11 Å². The Hall–Kier alpha value is -2.40. The van der Waals surface area contributed by atoms with E-state index in [1.54, 1.807) is 30.3 Å². The van der Waals surface area contributed by atoms with Crippen LogP contribution in [0.5, 0.6) is 0 Å². The minimum Gasteiger partial charge on any atom is -0.444 e. The largest absolute Gasteiger partial charge is 0.444 e. The van der Waals surface area contributed by atoms with Crippen molar-refractivity contribution in [3.8, 4) is 11.5 Å². The average molecular weight is 524 g/mol. The predicted molar refractivity (Wildman–Crippen MR) is 128 cm³/mol. The molecule has 0 radical (unpaired) electrons. The van der Waals surface area contributed by atoms with Gasteiger partial charge in [0.15, 0.2) is 5.96 Å². The molecule has 1 aromatic carbocycles. The lowest BCUT2D eigenvalue weighted by atomic mass is 10.00. The van der Waals surface area contributed by atoms with E-state index in [0.717, 1.165) is 16.8 Å². The number of nitrogens with one attached hydrogen (secondary N) is 2. The highest BCUT2D eigenvalue weighted by Crippen LogP contribution is 2.20. The maximum absolute atomic E-state index is 10.7. The summed E-state index contributed by atoms with van der Waals surface area (Å²) in [6.45, 7) is 7.13. The van der Waals surface area contributed by atoms with E-state index >= 15 is 0 Å². The minimum atomic E-state index is -1.07. The third-order valence-electron chi connectivity index (χ3n) is 4.52. The van der Waals surface area contributed by atoms with Crippen LogP contribution >= 0.6 is 24.0 Å². The lowest BCUT2D eigenvalue weighted by molar-refractivity contribution is 0.0616. The van der Waals surface area contributed by atoms with E-state index in [0.29, 0.717) is 24.9 Å². The second-order valence-electron chi connectivity index (χ2n) is 7.24. The van der Waals surface area contributed by atoms with Crippen molar-refractivity contribution >= 4 is 29.9 Å². The normalized spacial score (nSPS) is 13.4. The fourth-order valence-corrected chi connectivity index (χ4v) is 2.77. The summed E-state index contributed by atoms with van der Waals surface area (Å²) in [4.78, 5) is 9.06. The standard InChI is InChI=1S/C21H28N6O2.HI/c1-5-22-20(24-14-21(3,28)17-10-25-27(4)12-17)23-11-18-13-29-19(26-18)16-8-6-15(2)7-9-16;/h6-10,12-13,28H,5,11,14H2,1-4H3,(H2,22,23,24);1H. The molecular formula is C21H29IN6O2. The number of nitrogens with zero attached hydrogens (tertiary/aromatic N) is 4. The van der Waals surface area contributed by atoms with Gasteiger partial charge in [-0.1, -0.05) is 17.7 Å². The first-order valence-electron chi connectivity index (χ1n) is 9.62. The van der Waals surface area contributed by atoms with Crippen LogP contribution in [0.15, 0.2) is 52.3 Å². The molecule has 162 valence electrons. The second kappa shape index (κ2) is 10.6. The first kappa shape index (κ1) is 23.9. The van der Waals surface area contributed by atoms with Gasteiger partial charge in [-0.2, -0.15) is 5.10 Å². The number of rotatable bonds is 7. The number of aliphatic imine (C=N–C) groups is 1. The Bertz CT molecular complexity index is 962. The van der Waals surface area contributed by atoms with Crippen molar-refractivity contribution in [1.29, 1.82) is 0 Å². The van der Waals surface area contributed by atoms with Crippen molar-refractivity contribution in [2.24, 2.45) is 12.0 Å². The minimum absolute atomic E-state index is 0. The summed E-state index contributed by atoms with van der Waals surface area (Å²) >= 11 is 0. The second-order valence-corrected chi connectivity index (χ2v) is 7.24. The van der Waals surface area contributed by atoms with Crippen LogP contribution in [0.3, 0.4) is 0 Å². The molecule has 0 saturated carbocycles. The number of aliphatic hydroxyl groups is 1. The van der Waals surface area contributed by atoms with Crippen LogP contribution in [0, 0.1) is 6.92 Å². The average Bonchev–Trinajstić information content (AvgIpc) is 3.34. The number of benzene rings is 1. The summed E-state index contributed by atoms with van der Waals surface area (Å²) in [7, 11) is 1.82. The van der Waals surface area contributed by atoms with Crippen molar-refractivity contribution in [3.05, 3.63) is 59.7 Å². The summed E-state index contributed by atoms with van der Waals surface area (Å²) in [6.07, 6.45) is 5.08. The number of guanidine groups is 1. The molecule has 0 spiro atoms. The van der Waals surface area contributed by atoms with Crippen molar-refractivity contribution in [2.45, 2.75) is 32.9 Å². The fraction of sp³-hybridized carbons (Fsp3) is 0.381. The van der Waals surface area contributed by atoms with Crippen LogP contribution in [0.1, 0.15) is 30.7 Å². The molecule has 3 rings (SSSR count). The number of oxazole rings is 1. The molecule has 1 unspecified atom stereocenters. The predicted octanol–water partition coefficient (Wildman–Crippen LogP) is 2.96. The van der Waals surface area contributed by atoms with Crippen LogP contribution < -0.4 is 10.6 Å². The van der Waals surface area contributed by atoms with Gasteiger partial charge in [0, 0.05) is 30.9 Å². The van der Waals surface area contributed by atoms with Gasteiger partial charge in [-0.25, -0.2) is 9.98 Å². The first-order valence-corrected chi connectivity index (χ1v) is 9.62. The Morgan fingerprint density at radius 2 is 2.00 bits per heavy atom. The fourth-order valence-electron chi connectivity index (χ4n) is 2.77. The topological polar surface area (TPSA) is 100 Å². The Balaban J connectivity index is 0.00000320. The van der Waals surface area contributed by atoms with Gasteiger partial charge < -0.3 is 20.2 Å². The van der Waals surface area contributed by atoms with Crippen LogP contribution in [0.4, 0.5) is 0 Å². The summed E-state index contributed by atoms with van der Waals surface area (Å²) in [6, 6.07) is 8.03. The van der Waals surface area contributed by atoms with E-state index in [2.05, 4.69) is 25.7 Å². The monoisotopic (exact) mass is 524 g/mol. The van der Waals surface area contributed by atoms with Crippen LogP contribution in [-0.2, 0) is 19.2 Å². The zero-order chi connectivity index (χ0) is 20.9. The molecule has 0 aliphatic heterocycles. The SMILES string of the molecule is CCNC(=NCc1coc(-c2ccc(C)cc2)n1)NCC(C)(O)c1cnn(C)c1.I. The number of aryl methyl sites for hydroxylation is 2. The highest BCUT2D eigenvalue weighted by molar-refractivity contribution is 14.0. The van der Waals surface area contributed by atoms with E-state index in [4.69, 9.17) is 4.42 Å². The summed E-state index contributed by atoms with van der Waals surface area (Å²) in [5.41, 5.74) is 2.52. The van der Waals surface area contributed by atoms with Crippen molar-refractivity contribution in [3.63, 3.8) is 0 Å². The lowest BCUT2D eigenvalue weighted by Crippen LogP contribution is -2.44. The highest BCUT2D eigenvalue weighted by Gasteiger charge is 2.25. The van der Waals surface area contributed by atoms with Gasteiger partial charge in [-0.3, -0.25) is 4.68 Å². The van der Waals surface area contributed by atoms with Gasteiger partial charge in [0.1, 0.15) is 17.6 Å². The van der Waals surface area contributed by atoms with Gasteiger partial charge in [-0.05, 0) is 32.9 Å². The van der Waals surface area contributed by atoms with E-state index < -0.39 is 5.60 Å².